The molecule has 0 fully saturated rings. The van der Waals surface area contributed by atoms with Gasteiger partial charge in [-0.2, -0.15) is 0 Å². The van der Waals surface area contributed by atoms with Gasteiger partial charge in [0.1, 0.15) is 6.61 Å². The highest BCUT2D eigenvalue weighted by Crippen LogP contribution is 1.81. The Balaban J connectivity index is 2.99. The summed E-state index contributed by atoms with van der Waals surface area (Å²) >= 11 is 0. The summed E-state index contributed by atoms with van der Waals surface area (Å²) in [6, 6.07) is 0. The van der Waals surface area contributed by atoms with Gasteiger partial charge in [-0.15, -0.1) is 0 Å². The lowest BCUT2D eigenvalue weighted by atomic mass is 10.6. The second kappa shape index (κ2) is 12.2. The Hall–Kier alpha value is -0.890. The molecule has 96 valence electrons. The van der Waals surface area contributed by atoms with Gasteiger partial charge >= 0.3 is 0 Å². The lowest BCUT2D eigenvalue weighted by Crippen LogP contribution is -2.20. The van der Waals surface area contributed by atoms with Gasteiger partial charge in [0.2, 0.25) is 0 Å². The Bertz CT molecular complexity index is 177. The molecule has 0 aromatic carbocycles. The summed E-state index contributed by atoms with van der Waals surface area (Å²) in [4.78, 5) is 0. The largest absolute Gasteiger partial charge is 0.409 e. The number of rotatable bonds is 11. The molecule has 0 spiro atoms. The SMILES string of the molecule is COCCOCCOCCOCC(N)=NO. The first-order chi connectivity index (χ1) is 7.81. The Kier molecular flexibility index (Phi) is 11.5. The minimum Gasteiger partial charge on any atom is -0.409 e. The summed E-state index contributed by atoms with van der Waals surface area (Å²) in [5.41, 5.74) is 5.18. The Morgan fingerprint density at radius 1 is 1.00 bits per heavy atom. The van der Waals surface area contributed by atoms with E-state index in [4.69, 9.17) is 29.9 Å². The molecular weight excluding hydrogens is 216 g/mol. The monoisotopic (exact) mass is 236 g/mol. The number of ether oxygens (including phenoxy) is 4. The smallest absolute Gasteiger partial charge is 0.165 e. The number of nitrogens with zero attached hydrogens (tertiary/aromatic N) is 1. The van der Waals surface area contributed by atoms with Crippen LogP contribution in [0.25, 0.3) is 0 Å². The summed E-state index contributed by atoms with van der Waals surface area (Å²) in [7, 11) is 1.62. The molecule has 0 saturated carbocycles. The number of hydrogen-bond acceptors (Lipinski definition) is 6. The van der Waals surface area contributed by atoms with E-state index in [9.17, 15) is 0 Å². The topological polar surface area (TPSA) is 95.5 Å². The van der Waals surface area contributed by atoms with Crippen molar-refractivity contribution >= 4 is 5.84 Å². The predicted octanol–water partition coefficient (Wildman–Crippen LogP) is -0.571. The van der Waals surface area contributed by atoms with Gasteiger partial charge in [0.25, 0.3) is 0 Å². The molecule has 0 aromatic heterocycles. The molecule has 0 saturated heterocycles. The maximum atomic E-state index is 8.20. The number of methoxy groups -OCH3 is 1. The number of oxime groups is 1. The summed E-state index contributed by atoms with van der Waals surface area (Å²) in [5.74, 6) is 0.0444. The number of amidine groups is 1. The molecule has 0 unspecified atom stereocenters. The van der Waals surface area contributed by atoms with Gasteiger partial charge in [-0.25, -0.2) is 0 Å². The molecule has 3 N–H and O–H groups in total. The minimum atomic E-state index is 0.0444. The van der Waals surface area contributed by atoms with Crippen LogP contribution in [0.3, 0.4) is 0 Å². The average molecular weight is 236 g/mol. The molecule has 0 amide bonds. The molecule has 0 aliphatic rings. The fraction of sp³-hybridized carbons (Fsp3) is 0.889. The van der Waals surface area contributed by atoms with Gasteiger partial charge in [-0.1, -0.05) is 5.16 Å². The van der Waals surface area contributed by atoms with E-state index in [1.807, 2.05) is 0 Å². The first-order valence-electron chi connectivity index (χ1n) is 4.99. The molecule has 0 heterocycles. The second-order valence-corrected chi connectivity index (χ2v) is 2.86. The predicted molar refractivity (Wildman–Crippen MR) is 57.7 cm³/mol. The van der Waals surface area contributed by atoms with E-state index >= 15 is 0 Å². The van der Waals surface area contributed by atoms with E-state index in [-0.39, 0.29) is 12.4 Å². The van der Waals surface area contributed by atoms with E-state index in [0.29, 0.717) is 39.6 Å². The van der Waals surface area contributed by atoms with Crippen LogP contribution >= 0.6 is 0 Å². The van der Waals surface area contributed by atoms with E-state index in [1.54, 1.807) is 7.11 Å². The molecule has 7 heteroatoms. The van der Waals surface area contributed by atoms with Crippen molar-refractivity contribution in [1.82, 2.24) is 0 Å². The first kappa shape index (κ1) is 15.1. The van der Waals surface area contributed by atoms with E-state index < -0.39 is 0 Å². The van der Waals surface area contributed by atoms with Crippen LogP contribution in [0.15, 0.2) is 5.16 Å². The molecule has 0 aromatic rings. The van der Waals surface area contributed by atoms with Gasteiger partial charge in [-0.3, -0.25) is 0 Å². The van der Waals surface area contributed by atoms with Crippen LogP contribution in [0.5, 0.6) is 0 Å². The van der Waals surface area contributed by atoms with Crippen molar-refractivity contribution in [2.45, 2.75) is 0 Å². The molecule has 16 heavy (non-hydrogen) atoms. The first-order valence-corrected chi connectivity index (χ1v) is 4.99. The fourth-order valence-corrected chi connectivity index (χ4v) is 0.788. The highest BCUT2D eigenvalue weighted by atomic mass is 16.6. The van der Waals surface area contributed by atoms with Crippen molar-refractivity contribution in [3.8, 4) is 0 Å². The third kappa shape index (κ3) is 11.2. The third-order valence-corrected chi connectivity index (χ3v) is 1.55. The Morgan fingerprint density at radius 3 is 2.00 bits per heavy atom. The molecular formula is C9H20N2O5. The van der Waals surface area contributed by atoms with Crippen molar-refractivity contribution in [2.75, 3.05) is 53.4 Å². The third-order valence-electron chi connectivity index (χ3n) is 1.55. The summed E-state index contributed by atoms with van der Waals surface area (Å²) < 4.78 is 20.2. The van der Waals surface area contributed by atoms with Gasteiger partial charge in [-0.05, 0) is 0 Å². The summed E-state index contributed by atoms with van der Waals surface area (Å²) in [6.45, 7) is 3.15. The van der Waals surface area contributed by atoms with Gasteiger partial charge in [0.15, 0.2) is 5.84 Å². The van der Waals surface area contributed by atoms with Crippen LogP contribution in [-0.2, 0) is 18.9 Å². The van der Waals surface area contributed by atoms with Gasteiger partial charge in [0, 0.05) is 7.11 Å². The van der Waals surface area contributed by atoms with Crippen LogP contribution in [0.2, 0.25) is 0 Å². The minimum absolute atomic E-state index is 0.0444. The van der Waals surface area contributed by atoms with Crippen molar-refractivity contribution < 1.29 is 24.2 Å². The van der Waals surface area contributed by atoms with Crippen molar-refractivity contribution in [2.24, 2.45) is 10.9 Å². The van der Waals surface area contributed by atoms with Crippen LogP contribution in [0.4, 0.5) is 0 Å². The van der Waals surface area contributed by atoms with E-state index in [2.05, 4.69) is 5.16 Å². The molecule has 0 bridgehead atoms. The fourth-order valence-electron chi connectivity index (χ4n) is 0.788. The zero-order chi connectivity index (χ0) is 12.1. The molecule has 0 rings (SSSR count). The molecule has 0 aliphatic heterocycles. The van der Waals surface area contributed by atoms with Crippen molar-refractivity contribution in [3.63, 3.8) is 0 Å². The normalized spacial score (nSPS) is 11.9. The van der Waals surface area contributed by atoms with Gasteiger partial charge in [0.05, 0.1) is 39.6 Å². The number of nitrogens with two attached hydrogens (primary N) is 1. The maximum absolute atomic E-state index is 8.20. The highest BCUT2D eigenvalue weighted by Gasteiger charge is 1.94. The zero-order valence-electron chi connectivity index (χ0n) is 9.55. The maximum Gasteiger partial charge on any atom is 0.165 e. The van der Waals surface area contributed by atoms with Crippen molar-refractivity contribution in [1.29, 1.82) is 0 Å². The highest BCUT2D eigenvalue weighted by molar-refractivity contribution is 5.80. The Labute approximate surface area is 95.1 Å². The lowest BCUT2D eigenvalue weighted by molar-refractivity contribution is 0.00790. The standard InChI is InChI=1S/C9H20N2O5/c1-13-2-3-14-4-5-15-6-7-16-8-9(10)11-12/h12H,2-8H2,1H3,(H2,10,11). The molecule has 0 aliphatic carbocycles. The molecule has 0 radical (unpaired) electrons. The summed E-state index contributed by atoms with van der Waals surface area (Å²) in [6.07, 6.45) is 0. The molecule has 7 nitrogen and oxygen atoms in total. The van der Waals surface area contributed by atoms with Crippen LogP contribution in [0.1, 0.15) is 0 Å². The zero-order valence-corrected chi connectivity index (χ0v) is 9.55. The van der Waals surface area contributed by atoms with Crippen LogP contribution in [0, 0.1) is 0 Å². The average Bonchev–Trinajstić information content (AvgIpc) is 2.31. The second-order valence-electron chi connectivity index (χ2n) is 2.86. The van der Waals surface area contributed by atoms with E-state index in [0.717, 1.165) is 0 Å². The molecule has 0 atom stereocenters. The quantitative estimate of drug-likeness (QED) is 0.164. The van der Waals surface area contributed by atoms with Crippen molar-refractivity contribution in [3.05, 3.63) is 0 Å². The van der Waals surface area contributed by atoms with Crippen LogP contribution in [-0.4, -0.2) is 64.4 Å². The van der Waals surface area contributed by atoms with Gasteiger partial charge < -0.3 is 29.9 Å². The van der Waals surface area contributed by atoms with E-state index in [1.165, 1.54) is 0 Å². The lowest BCUT2D eigenvalue weighted by Gasteiger charge is -2.05. The summed E-state index contributed by atoms with van der Waals surface area (Å²) in [5, 5.41) is 11.0. The number of hydrogen-bond donors (Lipinski definition) is 2. The van der Waals surface area contributed by atoms with Crippen LogP contribution < -0.4 is 5.73 Å². The Morgan fingerprint density at radius 2 is 1.50 bits per heavy atom.